The fourth-order valence-corrected chi connectivity index (χ4v) is 1.50. The van der Waals surface area contributed by atoms with Crippen molar-refractivity contribution in [2.75, 3.05) is 5.73 Å². The van der Waals surface area contributed by atoms with Crippen molar-refractivity contribution in [3.63, 3.8) is 0 Å². The van der Waals surface area contributed by atoms with E-state index >= 15 is 0 Å². The minimum absolute atomic E-state index is 0.0000694. The van der Waals surface area contributed by atoms with Crippen LogP contribution in [0, 0.1) is 0 Å². The molecule has 0 aliphatic rings. The van der Waals surface area contributed by atoms with Gasteiger partial charge >= 0.3 is 5.97 Å². The van der Waals surface area contributed by atoms with Gasteiger partial charge in [-0.3, -0.25) is 4.79 Å². The average molecular weight is 304 g/mol. The van der Waals surface area contributed by atoms with Crippen molar-refractivity contribution in [1.82, 2.24) is 0 Å². The lowest BCUT2D eigenvalue weighted by atomic mass is 9.94. The SMILES string of the molecule is CC(C)(C)c1ccc(C(=O)O)o1.NC(=O)c1ccc(N)cc1. The van der Waals surface area contributed by atoms with Crippen molar-refractivity contribution in [3.05, 3.63) is 53.5 Å². The molecule has 0 radical (unpaired) electrons. The Bertz CT molecular complexity index is 652. The molecular weight excluding hydrogens is 284 g/mol. The summed E-state index contributed by atoms with van der Waals surface area (Å²) in [6.07, 6.45) is 0. The number of aromatic carboxylic acids is 1. The van der Waals surface area contributed by atoms with Gasteiger partial charge in [-0.15, -0.1) is 0 Å². The van der Waals surface area contributed by atoms with Gasteiger partial charge in [0.15, 0.2) is 0 Å². The van der Waals surface area contributed by atoms with Crippen molar-refractivity contribution in [3.8, 4) is 0 Å². The number of furan rings is 1. The number of rotatable bonds is 2. The van der Waals surface area contributed by atoms with E-state index in [1.54, 1.807) is 30.3 Å². The van der Waals surface area contributed by atoms with Gasteiger partial charge in [0.05, 0.1) is 0 Å². The van der Waals surface area contributed by atoms with Crippen LogP contribution in [0.2, 0.25) is 0 Å². The van der Waals surface area contributed by atoms with Crippen LogP contribution in [0.1, 0.15) is 47.4 Å². The molecule has 6 heteroatoms. The number of carbonyl (C=O) groups excluding carboxylic acids is 1. The monoisotopic (exact) mass is 304 g/mol. The lowest BCUT2D eigenvalue weighted by molar-refractivity contribution is 0.0658. The highest BCUT2D eigenvalue weighted by atomic mass is 16.4. The van der Waals surface area contributed by atoms with Gasteiger partial charge in [-0.25, -0.2) is 4.79 Å². The second-order valence-electron chi connectivity index (χ2n) is 5.71. The van der Waals surface area contributed by atoms with E-state index in [9.17, 15) is 9.59 Å². The molecular formula is C16H20N2O4. The number of carbonyl (C=O) groups is 2. The summed E-state index contributed by atoms with van der Waals surface area (Å²) < 4.78 is 5.11. The molecule has 0 fully saturated rings. The molecule has 1 amide bonds. The number of carboxylic acid groups (broad SMARTS) is 1. The van der Waals surface area contributed by atoms with Crippen molar-refractivity contribution in [2.45, 2.75) is 26.2 Å². The number of nitrogens with two attached hydrogens (primary N) is 2. The van der Waals surface area contributed by atoms with Crippen LogP contribution in [0.25, 0.3) is 0 Å². The Morgan fingerprint density at radius 2 is 1.59 bits per heavy atom. The van der Waals surface area contributed by atoms with Gasteiger partial charge in [-0.05, 0) is 36.4 Å². The molecule has 5 N–H and O–H groups in total. The molecule has 118 valence electrons. The van der Waals surface area contributed by atoms with Crippen molar-refractivity contribution in [2.24, 2.45) is 5.73 Å². The number of hydrogen-bond acceptors (Lipinski definition) is 4. The van der Waals surface area contributed by atoms with Gasteiger partial charge < -0.3 is 21.0 Å². The third-order valence-electron chi connectivity index (χ3n) is 2.75. The zero-order chi connectivity index (χ0) is 16.9. The van der Waals surface area contributed by atoms with Crippen LogP contribution in [0.4, 0.5) is 5.69 Å². The molecule has 0 saturated carbocycles. The molecule has 0 spiro atoms. The Hall–Kier alpha value is -2.76. The number of amides is 1. The van der Waals surface area contributed by atoms with Crippen LogP contribution >= 0.6 is 0 Å². The second kappa shape index (κ2) is 6.80. The first-order valence-electron chi connectivity index (χ1n) is 6.60. The Morgan fingerprint density at radius 3 is 1.91 bits per heavy atom. The second-order valence-corrected chi connectivity index (χ2v) is 5.71. The minimum Gasteiger partial charge on any atom is -0.475 e. The van der Waals surface area contributed by atoms with E-state index in [0.29, 0.717) is 17.0 Å². The lowest BCUT2D eigenvalue weighted by Gasteiger charge is -2.13. The maximum atomic E-state index is 10.5. The number of benzene rings is 1. The summed E-state index contributed by atoms with van der Waals surface area (Å²) in [4.78, 5) is 20.9. The summed E-state index contributed by atoms with van der Waals surface area (Å²) in [6, 6.07) is 9.64. The smallest absolute Gasteiger partial charge is 0.371 e. The number of carboxylic acids is 1. The molecule has 0 unspecified atom stereocenters. The maximum absolute atomic E-state index is 10.5. The third-order valence-corrected chi connectivity index (χ3v) is 2.75. The average Bonchev–Trinajstić information content (AvgIpc) is 2.89. The fraction of sp³-hybridized carbons (Fsp3) is 0.250. The third kappa shape index (κ3) is 4.97. The van der Waals surface area contributed by atoms with E-state index in [1.165, 1.54) is 6.07 Å². The van der Waals surface area contributed by atoms with Gasteiger partial charge in [0, 0.05) is 16.7 Å². The molecule has 0 atom stereocenters. The maximum Gasteiger partial charge on any atom is 0.371 e. The van der Waals surface area contributed by atoms with Crippen molar-refractivity contribution >= 4 is 17.6 Å². The van der Waals surface area contributed by atoms with Crippen LogP contribution in [-0.2, 0) is 5.41 Å². The van der Waals surface area contributed by atoms with Gasteiger partial charge in [-0.1, -0.05) is 20.8 Å². The van der Waals surface area contributed by atoms with Gasteiger partial charge in [0.25, 0.3) is 0 Å². The first-order valence-corrected chi connectivity index (χ1v) is 6.60. The predicted octanol–water partition coefficient (Wildman–Crippen LogP) is 2.64. The highest BCUT2D eigenvalue weighted by Gasteiger charge is 2.19. The molecule has 0 bridgehead atoms. The number of hydrogen-bond donors (Lipinski definition) is 3. The fourth-order valence-electron chi connectivity index (χ4n) is 1.50. The standard InChI is InChI=1S/C9H12O3.C7H8N2O/c1-9(2,3)7-5-4-6(12-7)8(10)11;8-6-3-1-5(2-4-6)7(9)10/h4-5H,1-3H3,(H,10,11);1-4H,8H2,(H2,9,10). The summed E-state index contributed by atoms with van der Waals surface area (Å²) in [5.74, 6) is -0.759. The van der Waals surface area contributed by atoms with Gasteiger partial charge in [0.2, 0.25) is 11.7 Å². The molecule has 1 aromatic carbocycles. The van der Waals surface area contributed by atoms with Crippen molar-refractivity contribution < 1.29 is 19.1 Å². The number of primary amides is 1. The first kappa shape index (κ1) is 17.3. The van der Waals surface area contributed by atoms with E-state index in [2.05, 4.69) is 0 Å². The quantitative estimate of drug-likeness (QED) is 0.737. The van der Waals surface area contributed by atoms with Crippen molar-refractivity contribution in [1.29, 1.82) is 0 Å². The molecule has 1 heterocycles. The van der Waals surface area contributed by atoms with Crippen LogP contribution in [0.5, 0.6) is 0 Å². The van der Waals surface area contributed by atoms with Crippen LogP contribution in [0.15, 0.2) is 40.8 Å². The molecule has 0 aliphatic carbocycles. The molecule has 1 aromatic heterocycles. The van der Waals surface area contributed by atoms with E-state index < -0.39 is 11.9 Å². The van der Waals surface area contributed by atoms with Crippen LogP contribution in [0.3, 0.4) is 0 Å². The highest BCUT2D eigenvalue weighted by Crippen LogP contribution is 2.23. The Morgan fingerprint density at radius 1 is 1.05 bits per heavy atom. The summed E-state index contributed by atoms with van der Waals surface area (Å²) in [6.45, 7) is 5.91. The lowest BCUT2D eigenvalue weighted by Crippen LogP contribution is -2.10. The van der Waals surface area contributed by atoms with Gasteiger partial charge in [-0.2, -0.15) is 0 Å². The Balaban J connectivity index is 0.000000224. The zero-order valence-corrected chi connectivity index (χ0v) is 12.8. The largest absolute Gasteiger partial charge is 0.475 e. The topological polar surface area (TPSA) is 120 Å². The number of anilines is 1. The summed E-state index contributed by atoms with van der Waals surface area (Å²) in [7, 11) is 0. The predicted molar refractivity (Wildman–Crippen MR) is 83.7 cm³/mol. The minimum atomic E-state index is -1.02. The zero-order valence-electron chi connectivity index (χ0n) is 12.8. The van der Waals surface area contributed by atoms with Crippen LogP contribution in [-0.4, -0.2) is 17.0 Å². The summed E-state index contributed by atoms with van der Waals surface area (Å²) >= 11 is 0. The Labute approximate surface area is 128 Å². The van der Waals surface area contributed by atoms with E-state index in [0.717, 1.165) is 0 Å². The summed E-state index contributed by atoms with van der Waals surface area (Å²) in [5, 5.41) is 8.57. The first-order chi connectivity index (χ1) is 10.1. The van der Waals surface area contributed by atoms with Crippen LogP contribution < -0.4 is 11.5 Å². The molecule has 0 aliphatic heterocycles. The molecule has 2 rings (SSSR count). The number of nitrogen functional groups attached to an aromatic ring is 1. The van der Waals surface area contributed by atoms with E-state index in [1.807, 2.05) is 20.8 Å². The molecule has 0 saturated heterocycles. The molecule has 2 aromatic rings. The molecule has 22 heavy (non-hydrogen) atoms. The van der Waals surface area contributed by atoms with E-state index in [-0.39, 0.29) is 11.2 Å². The molecule has 6 nitrogen and oxygen atoms in total. The summed E-state index contributed by atoms with van der Waals surface area (Å²) in [5.41, 5.74) is 11.3. The Kier molecular flexibility index (Phi) is 5.34. The van der Waals surface area contributed by atoms with E-state index in [4.69, 9.17) is 21.0 Å². The van der Waals surface area contributed by atoms with Gasteiger partial charge in [0.1, 0.15) is 5.76 Å². The highest BCUT2D eigenvalue weighted by molar-refractivity contribution is 5.93. The normalized spacial score (nSPS) is 10.5.